The summed E-state index contributed by atoms with van der Waals surface area (Å²) < 4.78 is 15.3. The molecule has 45 heavy (non-hydrogen) atoms. The molecule has 0 fully saturated rings. The smallest absolute Gasteiger partial charge is 0.337 e. The Morgan fingerprint density at radius 3 is 2.29 bits per heavy atom. The van der Waals surface area contributed by atoms with Crippen molar-refractivity contribution in [1.82, 2.24) is 34.6 Å². The van der Waals surface area contributed by atoms with E-state index in [1.807, 2.05) is 30.3 Å². The average molecular weight is 643 g/mol. The van der Waals surface area contributed by atoms with Crippen LogP contribution in [0, 0.1) is 0 Å². The fourth-order valence-corrected chi connectivity index (χ4v) is 5.34. The highest BCUT2D eigenvalue weighted by Gasteiger charge is 2.23. The van der Waals surface area contributed by atoms with Crippen LogP contribution in [0.1, 0.15) is 27.7 Å². The zero-order chi connectivity index (χ0) is 31.5. The molecule has 0 amide bonds. The number of pyridine rings is 1. The number of methoxy groups -OCH3 is 2. The number of carbonyl (C=O) groups is 1. The van der Waals surface area contributed by atoms with Gasteiger partial charge in [0.15, 0.2) is 5.15 Å². The largest absolute Gasteiger partial charge is 0.495 e. The van der Waals surface area contributed by atoms with Gasteiger partial charge >= 0.3 is 5.97 Å². The van der Waals surface area contributed by atoms with Crippen LogP contribution < -0.4 is 10.3 Å². The van der Waals surface area contributed by atoms with Gasteiger partial charge in [-0.1, -0.05) is 64.0 Å². The summed E-state index contributed by atoms with van der Waals surface area (Å²) in [4.78, 5) is 25.8. The number of hydrogen-bond donors (Lipinski definition) is 0. The van der Waals surface area contributed by atoms with Crippen molar-refractivity contribution < 1.29 is 14.3 Å². The molecule has 11 nitrogen and oxygen atoms in total. The van der Waals surface area contributed by atoms with Gasteiger partial charge in [-0.25, -0.2) is 14.2 Å². The number of esters is 1. The maximum Gasteiger partial charge on any atom is 0.337 e. The first-order valence-corrected chi connectivity index (χ1v) is 14.4. The topological polar surface area (TPSA) is 119 Å². The van der Waals surface area contributed by atoms with Crippen molar-refractivity contribution in [3.8, 4) is 28.3 Å². The molecular weight excluding hydrogens is 617 g/mol. The molecular formula is C32H25Cl2N7O4. The summed E-state index contributed by atoms with van der Waals surface area (Å²) in [5.74, 6) is -0.0105. The minimum absolute atomic E-state index is 0.217. The molecule has 0 bridgehead atoms. The maximum absolute atomic E-state index is 13.9. The SMILES string of the molecule is COC(=O)c1ccc(-n2cc(C(Cc3ccccc3)n3cc(OC)c(-c4cc(Cl)ccc4-n4cc(Cl)nn4)cc3=O)nn2)cc1. The molecule has 0 saturated carbocycles. The summed E-state index contributed by atoms with van der Waals surface area (Å²) in [5.41, 5.74) is 4.06. The molecule has 0 aliphatic rings. The third-order valence-corrected chi connectivity index (χ3v) is 7.65. The number of benzene rings is 3. The van der Waals surface area contributed by atoms with E-state index >= 15 is 0 Å². The van der Waals surface area contributed by atoms with Crippen molar-refractivity contribution in [3.63, 3.8) is 0 Å². The predicted molar refractivity (Wildman–Crippen MR) is 169 cm³/mol. The Morgan fingerprint density at radius 2 is 1.60 bits per heavy atom. The van der Waals surface area contributed by atoms with E-state index in [0.717, 1.165) is 5.56 Å². The first kappa shape index (κ1) is 29.8. The minimum Gasteiger partial charge on any atom is -0.495 e. The second-order valence-corrected chi connectivity index (χ2v) is 10.8. The van der Waals surface area contributed by atoms with Gasteiger partial charge in [-0.05, 0) is 54.4 Å². The normalized spacial score (nSPS) is 11.7. The fraction of sp³-hybridized carbons (Fsp3) is 0.125. The van der Waals surface area contributed by atoms with Crippen LogP contribution in [-0.2, 0) is 11.2 Å². The molecule has 1 unspecified atom stereocenters. The summed E-state index contributed by atoms with van der Waals surface area (Å²) >= 11 is 12.4. The quantitative estimate of drug-likeness (QED) is 0.187. The van der Waals surface area contributed by atoms with Gasteiger partial charge in [-0.15, -0.1) is 10.2 Å². The molecule has 3 aromatic carbocycles. The van der Waals surface area contributed by atoms with E-state index < -0.39 is 12.0 Å². The Balaban J connectivity index is 1.44. The number of hydrogen-bond acceptors (Lipinski definition) is 8. The van der Waals surface area contributed by atoms with Gasteiger partial charge in [0.2, 0.25) is 0 Å². The Labute approximate surface area is 267 Å². The van der Waals surface area contributed by atoms with Crippen LogP contribution in [0.25, 0.3) is 22.5 Å². The van der Waals surface area contributed by atoms with Crippen molar-refractivity contribution in [1.29, 1.82) is 0 Å². The summed E-state index contributed by atoms with van der Waals surface area (Å²) in [7, 11) is 2.86. The van der Waals surface area contributed by atoms with Gasteiger partial charge in [0, 0.05) is 22.2 Å². The molecule has 6 aromatic rings. The summed E-state index contributed by atoms with van der Waals surface area (Å²) in [6, 6.07) is 22.7. The number of aromatic nitrogens is 7. The lowest BCUT2D eigenvalue weighted by Crippen LogP contribution is -2.27. The molecule has 3 heterocycles. The van der Waals surface area contributed by atoms with Gasteiger partial charge in [-0.2, -0.15) is 0 Å². The Kier molecular flexibility index (Phi) is 8.45. The molecule has 13 heteroatoms. The Morgan fingerprint density at radius 1 is 0.844 bits per heavy atom. The lowest BCUT2D eigenvalue weighted by atomic mass is 10.0. The molecule has 0 spiro atoms. The van der Waals surface area contributed by atoms with Crippen LogP contribution in [0.2, 0.25) is 10.2 Å². The maximum atomic E-state index is 13.9. The molecule has 0 radical (unpaired) electrons. The molecule has 0 aliphatic heterocycles. The highest BCUT2D eigenvalue weighted by molar-refractivity contribution is 6.31. The molecule has 0 N–H and O–H groups in total. The number of rotatable bonds is 9. The standard InChI is InChI=1S/C32H25Cl2N7O4/c1-44-29-18-39(31(42)16-25(29)24-15-22(33)10-13-27(24)41-19-30(34)36-38-41)28(14-20-6-4-3-5-7-20)26-17-40(37-35-26)23-11-8-21(9-12-23)32(43)45-2/h3-13,15-19,28H,14H2,1-2H3. The van der Waals surface area contributed by atoms with Crippen molar-refractivity contribution >= 4 is 29.2 Å². The van der Waals surface area contributed by atoms with E-state index in [9.17, 15) is 9.59 Å². The van der Waals surface area contributed by atoms with Crippen LogP contribution >= 0.6 is 23.2 Å². The van der Waals surface area contributed by atoms with Crippen LogP contribution in [0.5, 0.6) is 5.75 Å². The number of halogens is 2. The van der Waals surface area contributed by atoms with Crippen molar-refractivity contribution in [2.24, 2.45) is 0 Å². The third-order valence-electron chi connectivity index (χ3n) is 7.24. The molecule has 0 aliphatic carbocycles. The van der Waals surface area contributed by atoms with E-state index in [4.69, 9.17) is 32.7 Å². The van der Waals surface area contributed by atoms with Crippen molar-refractivity contribution in [3.05, 3.63) is 135 Å². The Bertz CT molecular complexity index is 2040. The van der Waals surface area contributed by atoms with Crippen molar-refractivity contribution in [2.45, 2.75) is 12.5 Å². The summed E-state index contributed by atoms with van der Waals surface area (Å²) in [5, 5.41) is 17.4. The molecule has 0 saturated heterocycles. The van der Waals surface area contributed by atoms with Gasteiger partial charge in [0.25, 0.3) is 5.56 Å². The third kappa shape index (κ3) is 6.21. The monoisotopic (exact) mass is 641 g/mol. The molecule has 6 rings (SSSR count). The summed E-state index contributed by atoms with van der Waals surface area (Å²) in [6.07, 6.45) is 5.43. The predicted octanol–water partition coefficient (Wildman–Crippen LogP) is 5.61. The second-order valence-electron chi connectivity index (χ2n) is 9.98. The molecule has 3 aromatic heterocycles. The van der Waals surface area contributed by atoms with Gasteiger partial charge in [-0.3, -0.25) is 4.79 Å². The first-order chi connectivity index (χ1) is 21.8. The minimum atomic E-state index is -0.543. The van der Waals surface area contributed by atoms with Gasteiger partial charge < -0.3 is 14.0 Å². The van der Waals surface area contributed by atoms with E-state index in [-0.39, 0.29) is 10.7 Å². The highest BCUT2D eigenvalue weighted by Crippen LogP contribution is 2.36. The zero-order valence-corrected chi connectivity index (χ0v) is 25.6. The Hall–Kier alpha value is -5.26. The van der Waals surface area contributed by atoms with E-state index in [2.05, 4.69) is 20.6 Å². The molecule has 1 atom stereocenters. The summed E-state index contributed by atoms with van der Waals surface area (Å²) in [6.45, 7) is 0. The highest BCUT2D eigenvalue weighted by atomic mass is 35.5. The van der Waals surface area contributed by atoms with Gasteiger partial charge in [0.05, 0.1) is 55.8 Å². The number of nitrogens with zero attached hydrogens (tertiary/aromatic N) is 7. The zero-order valence-electron chi connectivity index (χ0n) is 24.0. The van der Waals surface area contributed by atoms with Crippen LogP contribution in [0.15, 0.2) is 102 Å². The van der Waals surface area contributed by atoms with Crippen LogP contribution in [-0.4, -0.2) is 54.7 Å². The first-order valence-electron chi connectivity index (χ1n) is 13.7. The fourth-order valence-electron chi connectivity index (χ4n) is 5.04. The average Bonchev–Trinajstić information content (AvgIpc) is 3.73. The van der Waals surface area contributed by atoms with Crippen LogP contribution in [0.3, 0.4) is 0 Å². The van der Waals surface area contributed by atoms with Crippen LogP contribution in [0.4, 0.5) is 0 Å². The van der Waals surface area contributed by atoms with E-state index in [1.165, 1.54) is 25.0 Å². The van der Waals surface area contributed by atoms with Crippen molar-refractivity contribution in [2.75, 3.05) is 14.2 Å². The van der Waals surface area contributed by atoms with E-state index in [1.54, 1.807) is 70.3 Å². The number of ether oxygens (including phenoxy) is 2. The van der Waals surface area contributed by atoms with E-state index in [0.29, 0.717) is 51.0 Å². The number of carbonyl (C=O) groups excluding carboxylic acids is 1. The lowest BCUT2D eigenvalue weighted by Gasteiger charge is -2.21. The van der Waals surface area contributed by atoms with Gasteiger partial charge in [0.1, 0.15) is 11.4 Å². The lowest BCUT2D eigenvalue weighted by molar-refractivity contribution is 0.0600. The second kappa shape index (κ2) is 12.8. The molecule has 226 valence electrons.